The topological polar surface area (TPSA) is 118 Å². The van der Waals surface area contributed by atoms with E-state index in [1.807, 2.05) is 0 Å². The number of benzene rings is 1. The van der Waals surface area contributed by atoms with Gasteiger partial charge in [-0.1, -0.05) is 0 Å². The second kappa shape index (κ2) is 5.92. The van der Waals surface area contributed by atoms with Crippen LogP contribution in [0.1, 0.15) is 51.8 Å². The van der Waals surface area contributed by atoms with Gasteiger partial charge in [-0.3, -0.25) is 19.2 Å². The van der Waals surface area contributed by atoms with Gasteiger partial charge in [-0.05, 0) is 25.4 Å². The Morgan fingerprint density at radius 3 is 1.67 bits per heavy atom. The standard InChI is InChI=1S/C13H11ClO7/c1-4(15)7-9(13(14)20)8(5(2)16)12(21-6(3)17)11(19)10(7)18/h18-19H,1-3H3. The van der Waals surface area contributed by atoms with Gasteiger partial charge in [-0.25, -0.2) is 0 Å². The first kappa shape index (κ1) is 16.6. The van der Waals surface area contributed by atoms with Gasteiger partial charge in [-0.2, -0.15) is 0 Å². The number of carbonyl (C=O) groups excluding carboxylic acids is 4. The predicted molar refractivity (Wildman–Crippen MR) is 71.3 cm³/mol. The van der Waals surface area contributed by atoms with Crippen LogP contribution in [-0.4, -0.2) is 33.0 Å². The van der Waals surface area contributed by atoms with E-state index in [4.69, 9.17) is 11.6 Å². The van der Waals surface area contributed by atoms with Crippen molar-refractivity contribution in [3.63, 3.8) is 0 Å². The number of ketones is 2. The van der Waals surface area contributed by atoms with Crippen molar-refractivity contribution in [3.8, 4) is 17.2 Å². The molecule has 0 aliphatic heterocycles. The van der Waals surface area contributed by atoms with Crippen molar-refractivity contribution in [2.24, 2.45) is 0 Å². The van der Waals surface area contributed by atoms with Crippen LogP contribution in [0.25, 0.3) is 0 Å². The second-order valence-corrected chi connectivity index (χ2v) is 4.47. The molecule has 1 aromatic carbocycles. The summed E-state index contributed by atoms with van der Waals surface area (Å²) in [4.78, 5) is 45.8. The molecule has 2 N–H and O–H groups in total. The quantitative estimate of drug-likeness (QED) is 0.286. The number of phenolic OH excluding ortho intramolecular Hbond substituents is 2. The average Bonchev–Trinajstić information content (AvgIpc) is 2.32. The van der Waals surface area contributed by atoms with E-state index in [9.17, 15) is 29.4 Å². The van der Waals surface area contributed by atoms with Crippen LogP contribution in [-0.2, 0) is 4.79 Å². The number of rotatable bonds is 4. The molecule has 0 amide bonds. The summed E-state index contributed by atoms with van der Waals surface area (Å²) in [6.45, 7) is 3.01. The lowest BCUT2D eigenvalue weighted by atomic mass is 9.94. The highest BCUT2D eigenvalue weighted by Crippen LogP contribution is 2.45. The molecule has 0 saturated heterocycles. The highest BCUT2D eigenvalue weighted by Gasteiger charge is 2.32. The third-order valence-electron chi connectivity index (χ3n) is 2.55. The number of ether oxygens (including phenoxy) is 1. The minimum atomic E-state index is -1.21. The molecule has 0 fully saturated rings. The molecule has 0 aromatic heterocycles. The van der Waals surface area contributed by atoms with Gasteiger partial charge >= 0.3 is 5.97 Å². The maximum absolute atomic E-state index is 11.7. The fourth-order valence-corrected chi connectivity index (χ4v) is 2.01. The summed E-state index contributed by atoms with van der Waals surface area (Å²) in [5, 5.41) is 18.4. The zero-order valence-electron chi connectivity index (χ0n) is 11.3. The van der Waals surface area contributed by atoms with Crippen LogP contribution in [0.5, 0.6) is 17.2 Å². The largest absolute Gasteiger partial charge is 0.504 e. The Kier molecular flexibility index (Phi) is 4.69. The van der Waals surface area contributed by atoms with E-state index in [0.29, 0.717) is 0 Å². The Morgan fingerprint density at radius 2 is 1.33 bits per heavy atom. The van der Waals surface area contributed by atoms with Crippen molar-refractivity contribution in [1.82, 2.24) is 0 Å². The van der Waals surface area contributed by atoms with Gasteiger partial charge in [-0.15, -0.1) is 0 Å². The monoisotopic (exact) mass is 314 g/mol. The molecular weight excluding hydrogens is 304 g/mol. The molecular formula is C13H11ClO7. The van der Waals surface area contributed by atoms with Gasteiger partial charge in [0.15, 0.2) is 23.1 Å². The maximum atomic E-state index is 11.7. The summed E-state index contributed by atoms with van der Waals surface area (Å²) in [5.74, 6) is -5.20. The van der Waals surface area contributed by atoms with Crippen LogP contribution in [0.15, 0.2) is 0 Å². The summed E-state index contributed by atoms with van der Waals surface area (Å²) in [6.07, 6.45) is 0. The summed E-state index contributed by atoms with van der Waals surface area (Å²) >= 11 is 5.36. The molecule has 112 valence electrons. The van der Waals surface area contributed by atoms with E-state index in [1.54, 1.807) is 0 Å². The summed E-state index contributed by atoms with van der Waals surface area (Å²) in [6, 6.07) is 0. The molecule has 1 aromatic rings. The number of hydrogen-bond donors (Lipinski definition) is 2. The molecule has 0 aliphatic rings. The lowest BCUT2D eigenvalue weighted by Crippen LogP contribution is -2.14. The fraction of sp³-hybridized carbons (Fsp3) is 0.231. The molecule has 0 radical (unpaired) electrons. The Bertz CT molecular complexity index is 676. The Balaban J connectivity index is 4.01. The minimum Gasteiger partial charge on any atom is -0.504 e. The Labute approximate surface area is 124 Å². The zero-order valence-corrected chi connectivity index (χ0v) is 12.1. The van der Waals surface area contributed by atoms with Gasteiger partial charge in [0.1, 0.15) is 0 Å². The summed E-state index contributed by atoms with van der Waals surface area (Å²) in [7, 11) is 0. The smallest absolute Gasteiger partial charge is 0.308 e. The maximum Gasteiger partial charge on any atom is 0.308 e. The van der Waals surface area contributed by atoms with E-state index in [1.165, 1.54) is 0 Å². The molecule has 21 heavy (non-hydrogen) atoms. The van der Waals surface area contributed by atoms with Crippen LogP contribution in [0.2, 0.25) is 0 Å². The number of phenols is 2. The molecule has 0 unspecified atom stereocenters. The molecule has 8 heteroatoms. The summed E-state index contributed by atoms with van der Waals surface area (Å²) in [5.41, 5.74) is -1.79. The molecule has 0 heterocycles. The first-order valence-electron chi connectivity index (χ1n) is 5.61. The predicted octanol–water partition coefficient (Wildman–Crippen LogP) is 1.81. The van der Waals surface area contributed by atoms with Crippen LogP contribution in [0.3, 0.4) is 0 Å². The Morgan fingerprint density at radius 1 is 0.857 bits per heavy atom. The van der Waals surface area contributed by atoms with E-state index in [0.717, 1.165) is 20.8 Å². The number of esters is 1. The van der Waals surface area contributed by atoms with Crippen LogP contribution in [0, 0.1) is 0 Å². The van der Waals surface area contributed by atoms with Crippen molar-refractivity contribution >= 4 is 34.4 Å². The second-order valence-electron chi connectivity index (χ2n) is 4.13. The highest BCUT2D eigenvalue weighted by molar-refractivity contribution is 6.68. The number of hydrogen-bond acceptors (Lipinski definition) is 7. The SMILES string of the molecule is CC(=O)Oc1c(O)c(O)c(C(C)=O)c(C(=O)Cl)c1C(C)=O. The van der Waals surface area contributed by atoms with Crippen LogP contribution < -0.4 is 4.74 Å². The van der Waals surface area contributed by atoms with Crippen LogP contribution >= 0.6 is 11.6 Å². The van der Waals surface area contributed by atoms with E-state index in [2.05, 4.69) is 4.74 Å². The molecule has 7 nitrogen and oxygen atoms in total. The van der Waals surface area contributed by atoms with Gasteiger partial charge in [0.2, 0.25) is 5.75 Å². The third kappa shape index (κ3) is 3.03. The van der Waals surface area contributed by atoms with Crippen molar-refractivity contribution in [3.05, 3.63) is 16.7 Å². The van der Waals surface area contributed by atoms with Gasteiger partial charge in [0, 0.05) is 6.92 Å². The van der Waals surface area contributed by atoms with Crippen molar-refractivity contribution in [2.75, 3.05) is 0 Å². The third-order valence-corrected chi connectivity index (χ3v) is 2.74. The lowest BCUT2D eigenvalue weighted by molar-refractivity contribution is -0.132. The van der Waals surface area contributed by atoms with E-state index >= 15 is 0 Å². The molecule has 1 rings (SSSR count). The molecule has 0 atom stereocenters. The van der Waals surface area contributed by atoms with Crippen molar-refractivity contribution in [1.29, 1.82) is 0 Å². The first-order chi connectivity index (χ1) is 9.59. The van der Waals surface area contributed by atoms with Gasteiger partial charge in [0.25, 0.3) is 5.24 Å². The average molecular weight is 315 g/mol. The highest BCUT2D eigenvalue weighted by atomic mass is 35.5. The summed E-state index contributed by atoms with van der Waals surface area (Å²) < 4.78 is 4.65. The Hall–Kier alpha value is -2.41. The number of carbonyl (C=O) groups is 4. The minimum absolute atomic E-state index is 0.550. The van der Waals surface area contributed by atoms with Gasteiger partial charge in [0.05, 0.1) is 16.7 Å². The molecule has 0 bridgehead atoms. The van der Waals surface area contributed by atoms with Crippen LogP contribution in [0.4, 0.5) is 0 Å². The molecule has 0 spiro atoms. The number of aromatic hydroxyl groups is 2. The van der Waals surface area contributed by atoms with Gasteiger partial charge < -0.3 is 14.9 Å². The first-order valence-corrected chi connectivity index (χ1v) is 5.99. The lowest BCUT2D eigenvalue weighted by Gasteiger charge is -2.16. The molecule has 0 aliphatic carbocycles. The number of halogens is 1. The van der Waals surface area contributed by atoms with Crippen molar-refractivity contribution in [2.45, 2.75) is 20.8 Å². The number of Topliss-reactive ketones (excluding diaryl/α,β-unsaturated/α-hetero) is 2. The normalized spacial score (nSPS) is 10.1. The van der Waals surface area contributed by atoms with Crippen molar-refractivity contribution < 1.29 is 34.1 Å². The van der Waals surface area contributed by atoms with E-state index in [-0.39, 0.29) is 0 Å². The fourth-order valence-electron chi connectivity index (χ4n) is 1.82. The zero-order chi connectivity index (χ0) is 16.5. The van der Waals surface area contributed by atoms with E-state index < -0.39 is 56.7 Å². The molecule has 0 saturated carbocycles.